The molecule has 0 spiro atoms. The van der Waals surface area contributed by atoms with Crippen molar-refractivity contribution in [3.8, 4) is 11.3 Å². The summed E-state index contributed by atoms with van der Waals surface area (Å²) < 4.78 is 13.0. The molecule has 1 heterocycles. The number of halogens is 1. The van der Waals surface area contributed by atoms with E-state index in [0.717, 1.165) is 16.6 Å². The molecule has 0 bridgehead atoms. The first-order valence-electron chi connectivity index (χ1n) is 7.68. The summed E-state index contributed by atoms with van der Waals surface area (Å²) in [5.41, 5.74) is 2.42. The molecule has 0 aliphatic carbocycles. The molecule has 2 N–H and O–H groups in total. The second-order valence-electron chi connectivity index (χ2n) is 5.70. The molecule has 1 aromatic heterocycles. The van der Waals surface area contributed by atoms with Crippen molar-refractivity contribution < 1.29 is 9.50 Å². The molecule has 0 saturated carbocycles. The number of aliphatic hydroxyl groups excluding tert-OH is 1. The van der Waals surface area contributed by atoms with Gasteiger partial charge in [-0.3, -0.25) is 0 Å². The predicted molar refractivity (Wildman–Crippen MR) is 92.0 cm³/mol. The third-order valence-corrected chi connectivity index (χ3v) is 4.10. The average Bonchev–Trinajstić information content (AvgIpc) is 3.11. The molecule has 1 unspecified atom stereocenters. The zero-order chi connectivity index (χ0) is 16.5. The van der Waals surface area contributed by atoms with Gasteiger partial charge in [0, 0.05) is 5.56 Å². The molecule has 1 atom stereocenters. The van der Waals surface area contributed by atoms with Crippen LogP contribution in [0.25, 0.3) is 22.0 Å². The zero-order valence-electron chi connectivity index (χ0n) is 12.8. The third kappa shape index (κ3) is 2.68. The number of rotatable bonds is 3. The molecule has 118 valence electrons. The number of aromatic amines is 1. The van der Waals surface area contributed by atoms with Gasteiger partial charge in [0.15, 0.2) is 0 Å². The van der Waals surface area contributed by atoms with Gasteiger partial charge in [-0.05, 0) is 34.5 Å². The van der Waals surface area contributed by atoms with E-state index in [1.807, 2.05) is 18.2 Å². The number of aromatic nitrogens is 2. The first kappa shape index (κ1) is 14.6. The highest BCUT2D eigenvalue weighted by Gasteiger charge is 2.15. The van der Waals surface area contributed by atoms with Crippen LogP contribution in [0.2, 0.25) is 0 Å². The number of nitrogens with one attached hydrogen (secondary N) is 1. The van der Waals surface area contributed by atoms with E-state index in [2.05, 4.69) is 34.2 Å². The van der Waals surface area contributed by atoms with Crippen LogP contribution in [-0.4, -0.2) is 15.1 Å². The fraction of sp³-hybridized carbons (Fsp3) is 0.0500. The number of benzene rings is 3. The largest absolute Gasteiger partial charge is 0.380 e. The average molecular weight is 318 g/mol. The quantitative estimate of drug-likeness (QED) is 0.586. The molecule has 4 rings (SSSR count). The molecule has 24 heavy (non-hydrogen) atoms. The maximum atomic E-state index is 13.0. The Balaban J connectivity index is 1.67. The highest BCUT2D eigenvalue weighted by molar-refractivity contribution is 5.86. The van der Waals surface area contributed by atoms with Gasteiger partial charge in [0.25, 0.3) is 0 Å². The molecule has 0 aliphatic rings. The van der Waals surface area contributed by atoms with Crippen LogP contribution in [0.15, 0.2) is 72.9 Å². The van der Waals surface area contributed by atoms with Gasteiger partial charge in [-0.15, -0.1) is 0 Å². The normalized spacial score (nSPS) is 12.4. The molecule has 0 aliphatic heterocycles. The van der Waals surface area contributed by atoms with E-state index in [1.54, 1.807) is 18.3 Å². The van der Waals surface area contributed by atoms with E-state index >= 15 is 0 Å². The summed E-state index contributed by atoms with van der Waals surface area (Å²) in [6, 6.07) is 20.0. The summed E-state index contributed by atoms with van der Waals surface area (Å²) >= 11 is 0. The summed E-state index contributed by atoms with van der Waals surface area (Å²) in [4.78, 5) is 7.42. The summed E-state index contributed by atoms with van der Waals surface area (Å²) in [7, 11) is 0. The fourth-order valence-corrected chi connectivity index (χ4v) is 2.78. The Bertz CT molecular complexity index is 992. The van der Waals surface area contributed by atoms with Crippen LogP contribution in [-0.2, 0) is 0 Å². The number of nitrogens with zero attached hydrogens (tertiary/aromatic N) is 1. The minimum atomic E-state index is -0.917. The third-order valence-electron chi connectivity index (χ3n) is 4.10. The number of hydrogen-bond acceptors (Lipinski definition) is 2. The van der Waals surface area contributed by atoms with E-state index in [9.17, 15) is 9.50 Å². The van der Waals surface area contributed by atoms with Gasteiger partial charge in [0.05, 0.1) is 11.9 Å². The summed E-state index contributed by atoms with van der Waals surface area (Å²) in [6.45, 7) is 0. The molecular weight excluding hydrogens is 303 g/mol. The number of fused-ring (bicyclic) bond motifs is 1. The molecule has 0 radical (unpaired) electrons. The Morgan fingerprint density at radius 2 is 1.67 bits per heavy atom. The van der Waals surface area contributed by atoms with E-state index in [-0.39, 0.29) is 5.82 Å². The number of H-pyrrole nitrogens is 1. The molecular formula is C20H15FN2O. The summed E-state index contributed by atoms with van der Waals surface area (Å²) in [6.07, 6.45) is 0.784. The first-order valence-corrected chi connectivity index (χ1v) is 7.68. The van der Waals surface area contributed by atoms with Crippen molar-refractivity contribution in [2.75, 3.05) is 0 Å². The Morgan fingerprint density at radius 1 is 0.917 bits per heavy atom. The van der Waals surface area contributed by atoms with E-state index < -0.39 is 6.10 Å². The van der Waals surface area contributed by atoms with Gasteiger partial charge in [0.1, 0.15) is 17.7 Å². The molecule has 0 saturated heterocycles. The van der Waals surface area contributed by atoms with Gasteiger partial charge in [-0.2, -0.15) is 0 Å². The zero-order valence-corrected chi connectivity index (χ0v) is 12.8. The van der Waals surface area contributed by atoms with Crippen LogP contribution >= 0.6 is 0 Å². The van der Waals surface area contributed by atoms with Gasteiger partial charge in [-0.1, -0.05) is 48.5 Å². The van der Waals surface area contributed by atoms with Crippen LogP contribution in [0.4, 0.5) is 4.39 Å². The van der Waals surface area contributed by atoms with Crippen molar-refractivity contribution in [1.82, 2.24) is 9.97 Å². The molecule has 4 aromatic rings. The second-order valence-corrected chi connectivity index (χ2v) is 5.70. The van der Waals surface area contributed by atoms with Crippen molar-refractivity contribution in [2.24, 2.45) is 0 Å². The van der Waals surface area contributed by atoms with Crippen molar-refractivity contribution >= 4 is 10.8 Å². The van der Waals surface area contributed by atoms with Crippen LogP contribution in [0, 0.1) is 5.82 Å². The SMILES string of the molecule is OC(c1ccc(F)cc1)c1ncc(-c2ccc3ccccc3c2)[nH]1. The topological polar surface area (TPSA) is 48.9 Å². The minimum absolute atomic E-state index is 0.331. The number of hydrogen-bond donors (Lipinski definition) is 2. The molecule has 3 aromatic carbocycles. The monoisotopic (exact) mass is 318 g/mol. The van der Waals surface area contributed by atoms with Crippen LogP contribution in [0.1, 0.15) is 17.5 Å². The van der Waals surface area contributed by atoms with Gasteiger partial charge in [-0.25, -0.2) is 9.37 Å². The van der Waals surface area contributed by atoms with Gasteiger partial charge in [0.2, 0.25) is 0 Å². The maximum absolute atomic E-state index is 13.0. The summed E-state index contributed by atoms with van der Waals surface area (Å²) in [5.74, 6) is 0.104. The molecule has 4 heteroatoms. The highest BCUT2D eigenvalue weighted by atomic mass is 19.1. The minimum Gasteiger partial charge on any atom is -0.380 e. The molecule has 0 fully saturated rings. The second kappa shape index (κ2) is 5.91. The van der Waals surface area contributed by atoms with Gasteiger partial charge < -0.3 is 10.1 Å². The molecule has 0 amide bonds. The maximum Gasteiger partial charge on any atom is 0.140 e. The predicted octanol–water partition coefficient (Wildman–Crippen LogP) is 4.45. The van der Waals surface area contributed by atoms with Crippen molar-refractivity contribution in [3.05, 3.63) is 90.1 Å². The Hall–Kier alpha value is -2.98. The number of imidazole rings is 1. The van der Waals surface area contributed by atoms with E-state index in [1.165, 1.54) is 17.5 Å². The standard InChI is InChI=1S/C20H15FN2O/c21-17-9-7-14(8-10-17)19(24)20-22-12-18(23-20)16-6-5-13-3-1-2-4-15(13)11-16/h1-12,19,24H,(H,22,23). The van der Waals surface area contributed by atoms with Crippen LogP contribution < -0.4 is 0 Å². The van der Waals surface area contributed by atoms with Crippen molar-refractivity contribution in [2.45, 2.75) is 6.10 Å². The van der Waals surface area contributed by atoms with Crippen molar-refractivity contribution in [1.29, 1.82) is 0 Å². The Kier molecular flexibility index (Phi) is 3.59. The van der Waals surface area contributed by atoms with Crippen molar-refractivity contribution in [3.63, 3.8) is 0 Å². The fourth-order valence-electron chi connectivity index (χ4n) is 2.78. The Labute approximate surface area is 138 Å². The molecule has 3 nitrogen and oxygen atoms in total. The van der Waals surface area contributed by atoms with Gasteiger partial charge >= 0.3 is 0 Å². The van der Waals surface area contributed by atoms with E-state index in [0.29, 0.717) is 11.4 Å². The lowest BCUT2D eigenvalue weighted by atomic mass is 10.1. The smallest absolute Gasteiger partial charge is 0.140 e. The number of aliphatic hydroxyl groups is 1. The first-order chi connectivity index (χ1) is 11.7. The van der Waals surface area contributed by atoms with Crippen LogP contribution in [0.5, 0.6) is 0 Å². The van der Waals surface area contributed by atoms with E-state index in [4.69, 9.17) is 0 Å². The lowest BCUT2D eigenvalue weighted by Gasteiger charge is -2.08. The Morgan fingerprint density at radius 3 is 2.46 bits per heavy atom. The lowest BCUT2D eigenvalue weighted by Crippen LogP contribution is -2.01. The lowest BCUT2D eigenvalue weighted by molar-refractivity contribution is 0.211. The highest BCUT2D eigenvalue weighted by Crippen LogP contribution is 2.26. The summed E-state index contributed by atoms with van der Waals surface area (Å²) in [5, 5.41) is 12.7. The van der Waals surface area contributed by atoms with Crippen LogP contribution in [0.3, 0.4) is 0 Å².